The third-order valence-electron chi connectivity index (χ3n) is 2.43. The van der Waals surface area contributed by atoms with Crippen LogP contribution in [0.2, 0.25) is 0 Å². The number of nitrogens with zero attached hydrogens (tertiary/aromatic N) is 2. The van der Waals surface area contributed by atoms with Crippen LogP contribution in [0, 0.1) is 0 Å². The van der Waals surface area contributed by atoms with Crippen LogP contribution in [0.1, 0.15) is 12.5 Å². The molecule has 0 spiro atoms. The van der Waals surface area contributed by atoms with Crippen molar-refractivity contribution in [3.8, 4) is 11.5 Å². The van der Waals surface area contributed by atoms with Gasteiger partial charge in [0.1, 0.15) is 6.17 Å². The molecule has 1 aromatic carbocycles. The molecule has 0 aliphatic carbocycles. The molecule has 1 heterocycles. The van der Waals surface area contributed by atoms with Crippen LogP contribution in [-0.4, -0.2) is 28.3 Å². The number of nitrogens with two attached hydrogens (primary N) is 1. The molecule has 0 bridgehead atoms. The van der Waals surface area contributed by atoms with Gasteiger partial charge in [0.05, 0.1) is 0 Å². The number of aromatic hydroxyl groups is 2. The Labute approximate surface area is 104 Å². The number of nitrogens with one attached hydrogen (secondary N) is 2. The van der Waals surface area contributed by atoms with Crippen molar-refractivity contribution in [1.82, 2.24) is 10.6 Å². The predicted octanol–water partition coefficient (Wildman–Crippen LogP) is -0.193. The number of para-hydroxylation sites is 1. The van der Waals surface area contributed by atoms with Gasteiger partial charge in [0.15, 0.2) is 17.5 Å². The molecule has 2 rings (SSSR count). The minimum atomic E-state index is -0.244. The fraction of sp³-hybridized carbons (Fsp3) is 0.273. The number of phenols is 2. The van der Waals surface area contributed by atoms with E-state index in [1.807, 2.05) is 0 Å². The lowest BCUT2D eigenvalue weighted by Crippen LogP contribution is -2.47. The van der Waals surface area contributed by atoms with Crippen molar-refractivity contribution in [2.24, 2.45) is 15.7 Å². The molecule has 6 N–H and O–H groups in total. The third kappa shape index (κ3) is 2.62. The molecule has 1 unspecified atom stereocenters. The average Bonchev–Trinajstić information content (AvgIpc) is 2.30. The molecule has 7 heteroatoms. The molecule has 18 heavy (non-hydrogen) atoms. The van der Waals surface area contributed by atoms with E-state index < -0.39 is 0 Å². The third-order valence-corrected chi connectivity index (χ3v) is 2.43. The van der Waals surface area contributed by atoms with Gasteiger partial charge in [-0.25, -0.2) is 9.98 Å². The zero-order valence-electron chi connectivity index (χ0n) is 9.88. The Hall–Kier alpha value is -2.44. The van der Waals surface area contributed by atoms with Gasteiger partial charge >= 0.3 is 0 Å². The smallest absolute Gasteiger partial charge is 0.200 e. The first-order valence-corrected chi connectivity index (χ1v) is 5.48. The molecular formula is C11H15N5O2. The minimum Gasteiger partial charge on any atom is -0.504 e. The van der Waals surface area contributed by atoms with Crippen molar-refractivity contribution >= 4 is 11.9 Å². The topological polar surface area (TPSA) is 115 Å². The Morgan fingerprint density at radius 3 is 2.89 bits per heavy atom. The van der Waals surface area contributed by atoms with Crippen molar-refractivity contribution in [2.45, 2.75) is 19.6 Å². The summed E-state index contributed by atoms with van der Waals surface area (Å²) >= 11 is 0. The first-order chi connectivity index (χ1) is 8.56. The molecule has 0 amide bonds. The molecule has 1 aliphatic rings. The number of phenolic OH excluding ortho intramolecular Hbond substituents is 2. The second-order valence-electron chi connectivity index (χ2n) is 3.89. The van der Waals surface area contributed by atoms with Gasteiger partial charge in [-0.05, 0) is 13.0 Å². The molecule has 0 fully saturated rings. The van der Waals surface area contributed by atoms with Crippen LogP contribution in [0.5, 0.6) is 11.5 Å². The maximum absolute atomic E-state index is 9.63. The summed E-state index contributed by atoms with van der Waals surface area (Å²) in [5.74, 6) is 0.483. The quantitative estimate of drug-likeness (QED) is 0.466. The Kier molecular flexibility index (Phi) is 3.22. The summed E-state index contributed by atoms with van der Waals surface area (Å²) in [6, 6.07) is 4.77. The number of rotatable bonds is 2. The lowest BCUT2D eigenvalue weighted by molar-refractivity contribution is 0.399. The molecule has 0 saturated heterocycles. The largest absolute Gasteiger partial charge is 0.504 e. The molecule has 0 radical (unpaired) electrons. The van der Waals surface area contributed by atoms with E-state index in [-0.39, 0.29) is 17.7 Å². The van der Waals surface area contributed by atoms with E-state index in [0.717, 1.165) is 0 Å². The van der Waals surface area contributed by atoms with E-state index in [9.17, 15) is 10.2 Å². The lowest BCUT2D eigenvalue weighted by atomic mass is 10.2. The minimum absolute atomic E-state index is 0.143. The van der Waals surface area contributed by atoms with Gasteiger partial charge in [-0.2, -0.15) is 0 Å². The van der Waals surface area contributed by atoms with Crippen LogP contribution >= 0.6 is 0 Å². The number of hydrogen-bond donors (Lipinski definition) is 5. The molecule has 7 nitrogen and oxygen atoms in total. The zero-order valence-corrected chi connectivity index (χ0v) is 9.88. The summed E-state index contributed by atoms with van der Waals surface area (Å²) < 4.78 is 0. The standard InChI is InChI=1S/C11H15N5O2/c1-6-14-10(12)16-11(15-6)13-5-7-3-2-4-8(17)9(7)18/h2-4,6,17-18H,5H2,1H3,(H4,12,13,14,15,16). The lowest BCUT2D eigenvalue weighted by Gasteiger charge is -2.18. The van der Waals surface area contributed by atoms with Gasteiger partial charge in [-0.15, -0.1) is 0 Å². The van der Waals surface area contributed by atoms with E-state index in [4.69, 9.17) is 5.73 Å². The van der Waals surface area contributed by atoms with Gasteiger partial charge in [-0.3, -0.25) is 5.32 Å². The molecule has 1 aromatic rings. The fourth-order valence-electron chi connectivity index (χ4n) is 1.59. The van der Waals surface area contributed by atoms with Gasteiger partial charge in [0.25, 0.3) is 0 Å². The van der Waals surface area contributed by atoms with E-state index in [0.29, 0.717) is 24.0 Å². The fourth-order valence-corrected chi connectivity index (χ4v) is 1.59. The van der Waals surface area contributed by atoms with E-state index >= 15 is 0 Å². The second-order valence-corrected chi connectivity index (χ2v) is 3.89. The molecule has 1 aliphatic heterocycles. The first kappa shape index (κ1) is 12.0. The maximum Gasteiger partial charge on any atom is 0.200 e. The van der Waals surface area contributed by atoms with Crippen molar-refractivity contribution < 1.29 is 10.2 Å². The van der Waals surface area contributed by atoms with Crippen molar-refractivity contribution in [2.75, 3.05) is 0 Å². The number of benzene rings is 1. The van der Waals surface area contributed by atoms with Crippen molar-refractivity contribution in [1.29, 1.82) is 0 Å². The van der Waals surface area contributed by atoms with Gasteiger partial charge in [0, 0.05) is 12.1 Å². The summed E-state index contributed by atoms with van der Waals surface area (Å²) in [6.07, 6.45) is -0.244. The first-order valence-electron chi connectivity index (χ1n) is 5.48. The van der Waals surface area contributed by atoms with Crippen LogP contribution in [0.25, 0.3) is 0 Å². The Morgan fingerprint density at radius 1 is 1.39 bits per heavy atom. The highest BCUT2D eigenvalue weighted by atomic mass is 16.3. The summed E-state index contributed by atoms with van der Waals surface area (Å²) in [6.45, 7) is 2.12. The van der Waals surface area contributed by atoms with Gasteiger partial charge < -0.3 is 21.3 Å². The summed E-state index contributed by atoms with van der Waals surface area (Å²) in [5, 5.41) is 24.7. The molecule has 0 aromatic heterocycles. The van der Waals surface area contributed by atoms with E-state index in [1.165, 1.54) is 6.07 Å². The predicted molar refractivity (Wildman–Crippen MR) is 68.3 cm³/mol. The molecular weight excluding hydrogens is 234 g/mol. The Bertz CT molecular complexity index is 512. The van der Waals surface area contributed by atoms with Crippen LogP contribution in [0.4, 0.5) is 0 Å². The SMILES string of the molecule is CC1N=C(N)NC(NCc2cccc(O)c2O)=N1. The second kappa shape index (κ2) is 4.82. The normalized spacial score (nSPS) is 18.6. The van der Waals surface area contributed by atoms with Crippen molar-refractivity contribution in [3.05, 3.63) is 23.8 Å². The average molecular weight is 249 g/mol. The number of guanidine groups is 2. The zero-order chi connectivity index (χ0) is 13.1. The Morgan fingerprint density at radius 2 is 2.17 bits per heavy atom. The Balaban J connectivity index is 2.02. The highest BCUT2D eigenvalue weighted by molar-refractivity contribution is 5.99. The maximum atomic E-state index is 9.63. The highest BCUT2D eigenvalue weighted by Gasteiger charge is 2.11. The summed E-state index contributed by atoms with van der Waals surface area (Å²) in [4.78, 5) is 8.17. The van der Waals surface area contributed by atoms with Crippen LogP contribution in [0.15, 0.2) is 28.2 Å². The number of aliphatic imine (C=N–C) groups is 2. The van der Waals surface area contributed by atoms with E-state index in [1.54, 1.807) is 19.1 Å². The van der Waals surface area contributed by atoms with Gasteiger partial charge in [-0.1, -0.05) is 12.1 Å². The number of hydrogen-bond acceptors (Lipinski definition) is 7. The van der Waals surface area contributed by atoms with Crippen LogP contribution in [0.3, 0.4) is 0 Å². The summed E-state index contributed by atoms with van der Waals surface area (Å²) in [7, 11) is 0. The van der Waals surface area contributed by atoms with Crippen LogP contribution < -0.4 is 16.4 Å². The molecule has 96 valence electrons. The summed E-state index contributed by atoms with van der Waals surface area (Å²) in [5.41, 5.74) is 6.13. The molecule has 0 saturated carbocycles. The monoisotopic (exact) mass is 249 g/mol. The van der Waals surface area contributed by atoms with Crippen molar-refractivity contribution in [3.63, 3.8) is 0 Å². The van der Waals surface area contributed by atoms with E-state index in [2.05, 4.69) is 20.6 Å². The van der Waals surface area contributed by atoms with Gasteiger partial charge in [0.2, 0.25) is 5.96 Å². The highest BCUT2D eigenvalue weighted by Crippen LogP contribution is 2.27. The molecule has 1 atom stereocenters. The van der Waals surface area contributed by atoms with Crippen LogP contribution in [-0.2, 0) is 6.54 Å².